The van der Waals surface area contributed by atoms with Crippen LogP contribution in [-0.2, 0) is 29.4 Å². The van der Waals surface area contributed by atoms with Gasteiger partial charge >= 0.3 is 5.97 Å². The average Bonchev–Trinajstić information content (AvgIpc) is 3.36. The van der Waals surface area contributed by atoms with Crippen LogP contribution in [0.15, 0.2) is 108 Å². The number of aromatic amines is 1. The van der Waals surface area contributed by atoms with Crippen molar-refractivity contribution in [3.05, 3.63) is 147 Å². The zero-order chi connectivity index (χ0) is 29.2. The molecule has 6 aromatic rings. The van der Waals surface area contributed by atoms with E-state index >= 15 is 0 Å². The van der Waals surface area contributed by atoms with Gasteiger partial charge in [-0.15, -0.1) is 0 Å². The van der Waals surface area contributed by atoms with Crippen LogP contribution in [0.1, 0.15) is 33.9 Å². The van der Waals surface area contributed by atoms with Gasteiger partial charge in [0.05, 0.1) is 30.0 Å². The summed E-state index contributed by atoms with van der Waals surface area (Å²) in [6, 6.07) is 30.3. The largest absolute Gasteiger partial charge is 0.507 e. The Kier molecular flexibility index (Phi) is 7.32. The number of hydrogen-bond acceptors (Lipinski definition) is 4. The summed E-state index contributed by atoms with van der Waals surface area (Å²) in [5.41, 5.74) is 3.97. The van der Waals surface area contributed by atoms with E-state index in [1.54, 1.807) is 43.4 Å². The summed E-state index contributed by atoms with van der Waals surface area (Å²) in [4.78, 5) is 30.0. The van der Waals surface area contributed by atoms with Crippen molar-refractivity contribution in [2.75, 3.05) is 6.61 Å². The molecule has 0 saturated heterocycles. The number of aromatic nitrogens is 2. The zero-order valence-electron chi connectivity index (χ0n) is 23.0. The number of H-pyrrole nitrogens is 1. The number of nitrogens with zero attached hydrogens (tertiary/aromatic N) is 1. The standard InChI is InChI=1S/C35H29FN2O4/c1-38-29-17-8-6-15-27(29)34(40)32(35(38)41)31(23-12-9-13-24(36)21-23)33-26(25-14-5-7-16-28(25)37-33)18-19-42-30(39)20-22-10-3-2-4-11-22/h2-17,21,31,37,40H,18-20H2,1H3. The van der Waals surface area contributed by atoms with Crippen LogP contribution in [0, 0.1) is 5.82 Å². The molecule has 0 radical (unpaired) electrons. The summed E-state index contributed by atoms with van der Waals surface area (Å²) < 4.78 is 21.8. The summed E-state index contributed by atoms with van der Waals surface area (Å²) in [5, 5.41) is 13.0. The van der Waals surface area contributed by atoms with Crippen LogP contribution in [0.4, 0.5) is 4.39 Å². The van der Waals surface area contributed by atoms with E-state index in [0.717, 1.165) is 22.0 Å². The van der Waals surface area contributed by atoms with E-state index in [9.17, 15) is 19.1 Å². The first kappa shape index (κ1) is 27.0. The molecule has 2 aromatic heterocycles. The van der Waals surface area contributed by atoms with E-state index in [1.807, 2.05) is 54.6 Å². The van der Waals surface area contributed by atoms with Gasteiger partial charge in [-0.3, -0.25) is 9.59 Å². The number of aryl methyl sites for hydroxylation is 1. The second-order valence-corrected chi connectivity index (χ2v) is 10.3. The number of benzene rings is 4. The number of fused-ring (bicyclic) bond motifs is 2. The van der Waals surface area contributed by atoms with Crippen molar-refractivity contribution in [3.8, 4) is 5.75 Å². The van der Waals surface area contributed by atoms with E-state index in [1.165, 1.54) is 16.7 Å². The summed E-state index contributed by atoms with van der Waals surface area (Å²) in [6.07, 6.45) is 0.509. The lowest BCUT2D eigenvalue weighted by Crippen LogP contribution is -2.25. The van der Waals surface area contributed by atoms with Crippen LogP contribution in [0.25, 0.3) is 21.8 Å². The Bertz CT molecular complexity index is 1980. The summed E-state index contributed by atoms with van der Waals surface area (Å²) in [7, 11) is 1.66. The predicted octanol–water partition coefficient (Wildman–Crippen LogP) is 6.37. The number of carbonyl (C=O) groups is 1. The Hall–Kier alpha value is -5.17. The third-order valence-corrected chi connectivity index (χ3v) is 7.72. The van der Waals surface area contributed by atoms with Crippen LogP contribution >= 0.6 is 0 Å². The Morgan fingerprint density at radius 3 is 2.43 bits per heavy atom. The molecule has 0 aliphatic carbocycles. The van der Waals surface area contributed by atoms with Crippen molar-refractivity contribution in [3.63, 3.8) is 0 Å². The van der Waals surface area contributed by atoms with Gasteiger partial charge in [0.25, 0.3) is 5.56 Å². The van der Waals surface area contributed by atoms with E-state index in [-0.39, 0.29) is 35.9 Å². The highest BCUT2D eigenvalue weighted by molar-refractivity contribution is 5.88. The summed E-state index contributed by atoms with van der Waals surface area (Å²) >= 11 is 0. The molecule has 1 atom stereocenters. The van der Waals surface area contributed by atoms with Crippen LogP contribution < -0.4 is 5.56 Å². The molecule has 0 fully saturated rings. The van der Waals surface area contributed by atoms with Crippen LogP contribution in [-0.4, -0.2) is 27.2 Å². The Morgan fingerprint density at radius 1 is 0.929 bits per heavy atom. The molecule has 1 unspecified atom stereocenters. The molecule has 6 rings (SSSR count). The van der Waals surface area contributed by atoms with E-state index in [4.69, 9.17) is 4.74 Å². The second kappa shape index (κ2) is 11.4. The van der Waals surface area contributed by atoms with Gasteiger partial charge in [0, 0.05) is 35.5 Å². The normalized spacial score (nSPS) is 12.0. The minimum atomic E-state index is -0.827. The molecule has 0 aliphatic rings. The molecule has 0 spiro atoms. The van der Waals surface area contributed by atoms with Crippen molar-refractivity contribution in [1.29, 1.82) is 0 Å². The molecular formula is C35H29FN2O4. The minimum absolute atomic E-state index is 0.109. The number of esters is 1. The van der Waals surface area contributed by atoms with Gasteiger partial charge in [0.2, 0.25) is 0 Å². The molecule has 0 bridgehead atoms. The van der Waals surface area contributed by atoms with Crippen LogP contribution in [0.5, 0.6) is 5.75 Å². The van der Waals surface area contributed by atoms with Gasteiger partial charge in [0.1, 0.15) is 11.6 Å². The maximum atomic E-state index is 14.7. The SMILES string of the molecule is Cn1c(=O)c(C(c2cccc(F)c2)c2[nH]c3ccccc3c2CCOC(=O)Cc2ccccc2)c(O)c2ccccc21. The maximum absolute atomic E-state index is 14.7. The molecule has 7 heteroatoms. The molecule has 42 heavy (non-hydrogen) atoms. The molecule has 4 aromatic carbocycles. The van der Waals surface area contributed by atoms with E-state index in [2.05, 4.69) is 4.98 Å². The molecular weight excluding hydrogens is 531 g/mol. The van der Waals surface area contributed by atoms with Gasteiger partial charge in [-0.2, -0.15) is 0 Å². The third-order valence-electron chi connectivity index (χ3n) is 7.72. The highest BCUT2D eigenvalue weighted by Gasteiger charge is 2.30. The van der Waals surface area contributed by atoms with Crippen LogP contribution in [0.3, 0.4) is 0 Å². The fourth-order valence-electron chi connectivity index (χ4n) is 5.74. The van der Waals surface area contributed by atoms with Crippen molar-refractivity contribution in [1.82, 2.24) is 9.55 Å². The lowest BCUT2D eigenvalue weighted by molar-refractivity contribution is -0.142. The molecule has 2 heterocycles. The Morgan fingerprint density at radius 2 is 1.64 bits per heavy atom. The number of pyridine rings is 1. The molecule has 0 amide bonds. The fourth-order valence-corrected chi connectivity index (χ4v) is 5.74. The summed E-state index contributed by atoms with van der Waals surface area (Å²) in [6.45, 7) is 0.109. The number of hydrogen-bond donors (Lipinski definition) is 2. The quantitative estimate of drug-likeness (QED) is 0.212. The minimum Gasteiger partial charge on any atom is -0.507 e. The molecule has 210 valence electrons. The van der Waals surface area contributed by atoms with E-state index in [0.29, 0.717) is 28.6 Å². The highest BCUT2D eigenvalue weighted by Crippen LogP contribution is 2.41. The second-order valence-electron chi connectivity index (χ2n) is 10.3. The Balaban J connectivity index is 1.47. The van der Waals surface area contributed by atoms with Gasteiger partial charge in [-0.25, -0.2) is 4.39 Å². The number of carbonyl (C=O) groups excluding carboxylic acids is 1. The number of nitrogens with one attached hydrogen (secondary N) is 1. The predicted molar refractivity (Wildman–Crippen MR) is 161 cm³/mol. The van der Waals surface area contributed by atoms with Gasteiger partial charge < -0.3 is 19.4 Å². The highest BCUT2D eigenvalue weighted by atomic mass is 19.1. The topological polar surface area (TPSA) is 84.3 Å². The van der Waals surface area contributed by atoms with Gasteiger partial charge in [0.15, 0.2) is 0 Å². The lowest BCUT2D eigenvalue weighted by atomic mass is 9.85. The Labute approximate surface area is 241 Å². The molecule has 2 N–H and O–H groups in total. The number of para-hydroxylation sites is 2. The van der Waals surface area contributed by atoms with Crippen molar-refractivity contribution in [2.24, 2.45) is 7.05 Å². The van der Waals surface area contributed by atoms with Crippen molar-refractivity contribution in [2.45, 2.75) is 18.8 Å². The monoisotopic (exact) mass is 560 g/mol. The maximum Gasteiger partial charge on any atom is 0.310 e. The van der Waals surface area contributed by atoms with Crippen molar-refractivity contribution < 1.29 is 19.0 Å². The first-order valence-corrected chi connectivity index (χ1v) is 13.8. The van der Waals surface area contributed by atoms with Crippen LogP contribution in [0.2, 0.25) is 0 Å². The lowest BCUT2D eigenvalue weighted by Gasteiger charge is -2.22. The third kappa shape index (κ3) is 5.05. The van der Waals surface area contributed by atoms with Gasteiger partial charge in [-0.05, 0) is 47.0 Å². The zero-order valence-corrected chi connectivity index (χ0v) is 23.0. The van der Waals surface area contributed by atoms with Gasteiger partial charge in [-0.1, -0.05) is 72.8 Å². The van der Waals surface area contributed by atoms with E-state index < -0.39 is 11.7 Å². The number of rotatable bonds is 8. The molecule has 0 saturated carbocycles. The smallest absolute Gasteiger partial charge is 0.310 e. The first-order chi connectivity index (χ1) is 20.4. The number of halogens is 1. The van der Waals surface area contributed by atoms with Crippen molar-refractivity contribution >= 4 is 27.8 Å². The number of ether oxygens (including phenoxy) is 1. The molecule has 6 nitrogen and oxygen atoms in total. The fraction of sp³-hybridized carbons (Fsp3) is 0.143. The first-order valence-electron chi connectivity index (χ1n) is 13.8. The summed E-state index contributed by atoms with van der Waals surface area (Å²) in [5.74, 6) is -1.78. The molecule has 0 aliphatic heterocycles. The number of aromatic hydroxyl groups is 1. The average molecular weight is 561 g/mol.